The van der Waals surface area contributed by atoms with Crippen molar-refractivity contribution < 1.29 is 24.2 Å². The standard InChI is InChI=1S/C18H22N2O5S/c21-16-13(19-18(24)25-11-12-5-2-1-3-6-12)9-10-26-15-8-4-7-14(17(22)23)20(15)16/h1-3,5-6,13-15H,4,7-11H2,(H,19,24)(H,22,23)/t13-,14?,15?/m0/s1. The Morgan fingerprint density at radius 3 is 2.73 bits per heavy atom. The highest BCUT2D eigenvalue weighted by atomic mass is 32.2. The van der Waals surface area contributed by atoms with E-state index in [4.69, 9.17) is 4.74 Å². The Balaban J connectivity index is 1.62. The van der Waals surface area contributed by atoms with E-state index in [1.807, 2.05) is 30.3 Å². The number of carboxylic acids is 1. The molecule has 2 amide bonds. The van der Waals surface area contributed by atoms with Gasteiger partial charge in [0.1, 0.15) is 18.7 Å². The summed E-state index contributed by atoms with van der Waals surface area (Å²) in [5.41, 5.74) is 0.854. The van der Waals surface area contributed by atoms with Crippen LogP contribution in [0.2, 0.25) is 0 Å². The van der Waals surface area contributed by atoms with Gasteiger partial charge in [-0.05, 0) is 37.0 Å². The van der Waals surface area contributed by atoms with Crippen molar-refractivity contribution in [2.75, 3.05) is 5.75 Å². The van der Waals surface area contributed by atoms with E-state index < -0.39 is 24.1 Å². The minimum Gasteiger partial charge on any atom is -0.480 e. The van der Waals surface area contributed by atoms with E-state index in [-0.39, 0.29) is 17.9 Å². The fourth-order valence-corrected chi connectivity index (χ4v) is 4.72. The van der Waals surface area contributed by atoms with Crippen molar-refractivity contribution in [1.82, 2.24) is 10.2 Å². The largest absolute Gasteiger partial charge is 0.480 e. The number of hydrogen-bond donors (Lipinski definition) is 2. The van der Waals surface area contributed by atoms with Crippen molar-refractivity contribution >= 4 is 29.7 Å². The molecule has 26 heavy (non-hydrogen) atoms. The van der Waals surface area contributed by atoms with Gasteiger partial charge in [0, 0.05) is 0 Å². The Bertz CT molecular complexity index is 669. The molecule has 2 N–H and O–H groups in total. The summed E-state index contributed by atoms with van der Waals surface area (Å²) in [5, 5.41) is 11.9. The topological polar surface area (TPSA) is 95.9 Å². The molecule has 0 radical (unpaired) electrons. The number of carbonyl (C=O) groups excluding carboxylic acids is 2. The summed E-state index contributed by atoms with van der Waals surface area (Å²) in [6.07, 6.45) is 1.81. The molecule has 0 bridgehead atoms. The molecular formula is C18H22N2O5S. The zero-order valence-corrected chi connectivity index (χ0v) is 15.1. The normalized spacial score (nSPS) is 25.8. The van der Waals surface area contributed by atoms with Crippen LogP contribution in [0.25, 0.3) is 0 Å². The lowest BCUT2D eigenvalue weighted by molar-refractivity contribution is -0.153. The molecule has 2 heterocycles. The van der Waals surface area contributed by atoms with Gasteiger partial charge in [0.05, 0.1) is 5.37 Å². The second-order valence-electron chi connectivity index (χ2n) is 6.40. The summed E-state index contributed by atoms with van der Waals surface area (Å²) in [4.78, 5) is 38.0. The van der Waals surface area contributed by atoms with E-state index in [1.165, 1.54) is 4.90 Å². The summed E-state index contributed by atoms with van der Waals surface area (Å²) in [7, 11) is 0. The van der Waals surface area contributed by atoms with Crippen molar-refractivity contribution in [1.29, 1.82) is 0 Å². The molecule has 2 aliphatic heterocycles. The maximum Gasteiger partial charge on any atom is 0.408 e. The number of carboxylic acid groups (broad SMARTS) is 1. The van der Waals surface area contributed by atoms with Gasteiger partial charge in [-0.25, -0.2) is 9.59 Å². The average molecular weight is 378 g/mol. The molecule has 140 valence electrons. The number of piperidine rings is 1. The molecule has 0 aliphatic carbocycles. The van der Waals surface area contributed by atoms with E-state index >= 15 is 0 Å². The lowest BCUT2D eigenvalue weighted by Crippen LogP contribution is -2.57. The third-order valence-corrected chi connectivity index (χ3v) is 5.95. The molecule has 0 saturated carbocycles. The molecule has 7 nitrogen and oxygen atoms in total. The van der Waals surface area contributed by atoms with E-state index in [0.29, 0.717) is 18.6 Å². The molecule has 1 aromatic rings. The van der Waals surface area contributed by atoms with Gasteiger partial charge in [0.2, 0.25) is 5.91 Å². The van der Waals surface area contributed by atoms with E-state index in [0.717, 1.165) is 18.4 Å². The first-order valence-electron chi connectivity index (χ1n) is 8.70. The van der Waals surface area contributed by atoms with Gasteiger partial charge in [0.25, 0.3) is 0 Å². The number of rotatable bonds is 4. The minimum atomic E-state index is -0.990. The number of ether oxygens (including phenoxy) is 1. The van der Waals surface area contributed by atoms with Crippen LogP contribution in [0.3, 0.4) is 0 Å². The molecule has 1 aromatic carbocycles. The maximum atomic E-state index is 12.9. The second kappa shape index (κ2) is 8.44. The lowest BCUT2D eigenvalue weighted by Gasteiger charge is -2.39. The Morgan fingerprint density at radius 1 is 1.23 bits per heavy atom. The van der Waals surface area contributed by atoms with Gasteiger partial charge in [-0.15, -0.1) is 11.8 Å². The van der Waals surface area contributed by atoms with Crippen LogP contribution >= 0.6 is 11.8 Å². The lowest BCUT2D eigenvalue weighted by atomic mass is 10.0. The van der Waals surface area contributed by atoms with Gasteiger partial charge >= 0.3 is 12.1 Å². The van der Waals surface area contributed by atoms with E-state index in [9.17, 15) is 19.5 Å². The Kier molecular flexibility index (Phi) is 6.03. The highest BCUT2D eigenvalue weighted by Gasteiger charge is 2.43. The molecule has 0 spiro atoms. The van der Waals surface area contributed by atoms with Gasteiger partial charge in [-0.2, -0.15) is 0 Å². The van der Waals surface area contributed by atoms with Crippen LogP contribution < -0.4 is 5.32 Å². The Hall–Kier alpha value is -2.22. The highest BCUT2D eigenvalue weighted by molar-refractivity contribution is 7.99. The van der Waals surface area contributed by atoms with Crippen molar-refractivity contribution in [2.45, 2.75) is 49.7 Å². The number of aliphatic carboxylic acids is 1. The van der Waals surface area contributed by atoms with Crippen LogP contribution in [0.1, 0.15) is 31.2 Å². The summed E-state index contributed by atoms with van der Waals surface area (Å²) in [6.45, 7) is 0.117. The fourth-order valence-electron chi connectivity index (χ4n) is 3.33. The predicted octanol–water partition coefficient (Wildman–Crippen LogP) is 2.21. The molecular weight excluding hydrogens is 356 g/mol. The van der Waals surface area contributed by atoms with Crippen LogP contribution in [0.15, 0.2) is 30.3 Å². The van der Waals surface area contributed by atoms with Crippen LogP contribution in [0.5, 0.6) is 0 Å². The van der Waals surface area contributed by atoms with Crippen molar-refractivity contribution in [2.24, 2.45) is 0 Å². The van der Waals surface area contributed by atoms with Crippen LogP contribution in [0, 0.1) is 0 Å². The third kappa shape index (κ3) is 4.30. The molecule has 2 fully saturated rings. The summed E-state index contributed by atoms with van der Waals surface area (Å²) >= 11 is 1.58. The summed E-state index contributed by atoms with van der Waals surface area (Å²) in [6, 6.07) is 7.69. The first-order valence-corrected chi connectivity index (χ1v) is 9.75. The number of alkyl carbamates (subject to hydrolysis) is 1. The average Bonchev–Trinajstić information content (AvgIpc) is 2.80. The SMILES string of the molecule is O=C(N[C@H]1CCSC2CCCC(C(=O)O)N2C1=O)OCc1ccccc1. The van der Waals surface area contributed by atoms with Crippen LogP contribution in [-0.2, 0) is 20.9 Å². The van der Waals surface area contributed by atoms with Gasteiger partial charge in [-0.1, -0.05) is 30.3 Å². The fraction of sp³-hybridized carbons (Fsp3) is 0.500. The molecule has 3 atom stereocenters. The molecule has 2 aliphatic rings. The number of hydrogen-bond acceptors (Lipinski definition) is 5. The number of amides is 2. The molecule has 2 unspecified atom stereocenters. The van der Waals surface area contributed by atoms with Crippen LogP contribution in [0.4, 0.5) is 4.79 Å². The quantitative estimate of drug-likeness (QED) is 0.834. The third-order valence-electron chi connectivity index (χ3n) is 4.63. The van der Waals surface area contributed by atoms with Crippen molar-refractivity contribution in [3.63, 3.8) is 0 Å². The summed E-state index contributed by atoms with van der Waals surface area (Å²) in [5.74, 6) is -0.636. The highest BCUT2D eigenvalue weighted by Crippen LogP contribution is 2.34. The van der Waals surface area contributed by atoms with Crippen molar-refractivity contribution in [3.05, 3.63) is 35.9 Å². The van der Waals surface area contributed by atoms with Crippen LogP contribution in [-0.4, -0.2) is 51.2 Å². The van der Waals surface area contributed by atoms with Gasteiger partial charge < -0.3 is 20.1 Å². The van der Waals surface area contributed by atoms with Gasteiger partial charge in [-0.3, -0.25) is 4.79 Å². The predicted molar refractivity (Wildman–Crippen MR) is 96.5 cm³/mol. The summed E-state index contributed by atoms with van der Waals surface area (Å²) < 4.78 is 5.19. The number of nitrogens with one attached hydrogen (secondary N) is 1. The number of thioether (sulfide) groups is 1. The molecule has 2 saturated heterocycles. The number of benzene rings is 1. The Labute approximate surface area is 156 Å². The second-order valence-corrected chi connectivity index (χ2v) is 7.69. The maximum absolute atomic E-state index is 12.9. The minimum absolute atomic E-state index is 0.117. The zero-order chi connectivity index (χ0) is 18.5. The number of carbonyl (C=O) groups is 3. The number of nitrogens with zero attached hydrogens (tertiary/aromatic N) is 1. The molecule has 8 heteroatoms. The molecule has 0 aromatic heterocycles. The van der Waals surface area contributed by atoms with E-state index in [1.54, 1.807) is 11.8 Å². The Morgan fingerprint density at radius 2 is 2.00 bits per heavy atom. The zero-order valence-electron chi connectivity index (χ0n) is 14.3. The first-order chi connectivity index (χ1) is 12.6. The number of fused-ring (bicyclic) bond motifs is 1. The van der Waals surface area contributed by atoms with Gasteiger partial charge in [0.15, 0.2) is 0 Å². The van der Waals surface area contributed by atoms with Crippen molar-refractivity contribution in [3.8, 4) is 0 Å². The van der Waals surface area contributed by atoms with E-state index in [2.05, 4.69) is 5.32 Å². The monoisotopic (exact) mass is 378 g/mol. The molecule has 3 rings (SSSR count). The smallest absolute Gasteiger partial charge is 0.408 e. The first kappa shape index (κ1) is 18.6.